The van der Waals surface area contributed by atoms with Crippen molar-refractivity contribution in [1.29, 1.82) is 0 Å². The van der Waals surface area contributed by atoms with Crippen LogP contribution in [-0.2, 0) is 16.4 Å². The molecule has 0 fully saturated rings. The van der Waals surface area contributed by atoms with E-state index in [1.165, 1.54) is 24.3 Å². The Morgan fingerprint density at radius 2 is 1.86 bits per heavy atom. The van der Waals surface area contributed by atoms with Crippen molar-refractivity contribution in [3.63, 3.8) is 0 Å². The van der Waals surface area contributed by atoms with Gasteiger partial charge >= 0.3 is 0 Å². The SMILES string of the molecule is CC(Cc1ccc(F)cc1)Nc1cccc(S(N)(=O)=O)c1. The van der Waals surface area contributed by atoms with Crippen LogP contribution in [0.1, 0.15) is 12.5 Å². The van der Waals surface area contributed by atoms with Crippen LogP contribution in [0.3, 0.4) is 0 Å². The summed E-state index contributed by atoms with van der Waals surface area (Å²) in [7, 11) is -3.71. The third kappa shape index (κ3) is 4.54. The summed E-state index contributed by atoms with van der Waals surface area (Å²) < 4.78 is 35.5. The molecule has 6 heteroatoms. The molecule has 1 unspecified atom stereocenters. The molecule has 0 aliphatic heterocycles. The Balaban J connectivity index is 2.06. The van der Waals surface area contributed by atoms with Gasteiger partial charge in [0.25, 0.3) is 0 Å². The zero-order valence-electron chi connectivity index (χ0n) is 11.6. The number of hydrogen-bond acceptors (Lipinski definition) is 3. The molecule has 112 valence electrons. The molecule has 0 aliphatic rings. The minimum atomic E-state index is -3.71. The Kier molecular flexibility index (Phi) is 4.59. The van der Waals surface area contributed by atoms with Crippen LogP contribution in [-0.4, -0.2) is 14.5 Å². The van der Waals surface area contributed by atoms with Crippen LogP contribution < -0.4 is 10.5 Å². The molecule has 2 rings (SSSR count). The average molecular weight is 308 g/mol. The van der Waals surface area contributed by atoms with Crippen molar-refractivity contribution >= 4 is 15.7 Å². The molecule has 3 N–H and O–H groups in total. The third-order valence-corrected chi connectivity index (χ3v) is 3.94. The van der Waals surface area contributed by atoms with E-state index in [9.17, 15) is 12.8 Å². The third-order valence-electron chi connectivity index (χ3n) is 3.03. The number of primary sulfonamides is 1. The maximum absolute atomic E-state index is 12.8. The van der Waals surface area contributed by atoms with Gasteiger partial charge in [-0.15, -0.1) is 0 Å². The highest BCUT2D eigenvalue weighted by Crippen LogP contribution is 2.16. The number of nitrogens with one attached hydrogen (secondary N) is 1. The molecule has 2 aromatic rings. The summed E-state index contributed by atoms with van der Waals surface area (Å²) in [5.74, 6) is -0.264. The number of hydrogen-bond donors (Lipinski definition) is 2. The second-order valence-corrected chi connectivity index (χ2v) is 6.51. The molecule has 0 aliphatic carbocycles. The average Bonchev–Trinajstić information content (AvgIpc) is 2.41. The van der Waals surface area contributed by atoms with E-state index in [0.717, 1.165) is 5.56 Å². The summed E-state index contributed by atoms with van der Waals surface area (Å²) in [4.78, 5) is 0.0708. The second-order valence-electron chi connectivity index (χ2n) is 4.95. The van der Waals surface area contributed by atoms with E-state index in [4.69, 9.17) is 5.14 Å². The zero-order chi connectivity index (χ0) is 15.5. The van der Waals surface area contributed by atoms with E-state index in [1.807, 2.05) is 6.92 Å². The van der Waals surface area contributed by atoms with Gasteiger partial charge in [0.15, 0.2) is 0 Å². The van der Waals surface area contributed by atoms with Gasteiger partial charge in [0.2, 0.25) is 10.0 Å². The summed E-state index contributed by atoms with van der Waals surface area (Å²) in [5.41, 5.74) is 1.68. The molecule has 21 heavy (non-hydrogen) atoms. The fourth-order valence-electron chi connectivity index (χ4n) is 2.07. The van der Waals surface area contributed by atoms with E-state index in [0.29, 0.717) is 12.1 Å². The van der Waals surface area contributed by atoms with Gasteiger partial charge in [-0.2, -0.15) is 0 Å². The van der Waals surface area contributed by atoms with Crippen molar-refractivity contribution in [2.45, 2.75) is 24.3 Å². The fourth-order valence-corrected chi connectivity index (χ4v) is 2.63. The molecule has 2 aromatic carbocycles. The van der Waals surface area contributed by atoms with Crippen molar-refractivity contribution in [3.05, 3.63) is 59.9 Å². The minimum absolute atomic E-state index is 0.0613. The van der Waals surface area contributed by atoms with Crippen molar-refractivity contribution < 1.29 is 12.8 Å². The number of sulfonamides is 1. The van der Waals surface area contributed by atoms with Gasteiger partial charge in [0.1, 0.15) is 5.82 Å². The summed E-state index contributed by atoms with van der Waals surface area (Å²) in [5, 5.41) is 8.31. The van der Waals surface area contributed by atoms with Crippen molar-refractivity contribution in [3.8, 4) is 0 Å². The minimum Gasteiger partial charge on any atom is -0.382 e. The molecule has 0 radical (unpaired) electrons. The van der Waals surface area contributed by atoms with E-state index < -0.39 is 10.0 Å². The number of benzene rings is 2. The monoisotopic (exact) mass is 308 g/mol. The molecular weight excluding hydrogens is 291 g/mol. The Morgan fingerprint density at radius 1 is 1.19 bits per heavy atom. The van der Waals surface area contributed by atoms with Crippen LogP contribution in [0.25, 0.3) is 0 Å². The summed E-state index contributed by atoms with van der Waals surface area (Å²) in [6.45, 7) is 1.97. The van der Waals surface area contributed by atoms with E-state index in [2.05, 4.69) is 5.32 Å². The maximum Gasteiger partial charge on any atom is 0.238 e. The highest BCUT2D eigenvalue weighted by Gasteiger charge is 2.09. The van der Waals surface area contributed by atoms with Gasteiger partial charge in [-0.1, -0.05) is 18.2 Å². The van der Waals surface area contributed by atoms with Crippen LogP contribution in [0.2, 0.25) is 0 Å². The highest BCUT2D eigenvalue weighted by molar-refractivity contribution is 7.89. The predicted molar refractivity (Wildman–Crippen MR) is 81.0 cm³/mol. The molecule has 4 nitrogen and oxygen atoms in total. The first-order valence-electron chi connectivity index (χ1n) is 6.48. The molecule has 0 spiro atoms. The second kappa shape index (κ2) is 6.24. The lowest BCUT2D eigenvalue weighted by Gasteiger charge is -2.16. The standard InChI is InChI=1S/C15H17FN2O2S/c1-11(9-12-5-7-13(16)8-6-12)18-14-3-2-4-15(10-14)21(17,19)20/h2-8,10-11,18H,9H2,1H3,(H2,17,19,20). The lowest BCUT2D eigenvalue weighted by Crippen LogP contribution is -2.19. The van der Waals surface area contributed by atoms with E-state index >= 15 is 0 Å². The van der Waals surface area contributed by atoms with Crippen LogP contribution in [0.5, 0.6) is 0 Å². The van der Waals surface area contributed by atoms with Gasteiger partial charge in [0.05, 0.1) is 4.90 Å². The van der Waals surface area contributed by atoms with Crippen molar-refractivity contribution in [2.75, 3.05) is 5.32 Å². The maximum atomic E-state index is 12.8. The molecule has 0 saturated carbocycles. The van der Waals surface area contributed by atoms with E-state index in [-0.39, 0.29) is 16.8 Å². The Labute approximate surface area is 123 Å². The Bertz CT molecular complexity index is 715. The van der Waals surface area contributed by atoms with Gasteiger partial charge in [-0.25, -0.2) is 17.9 Å². The number of halogens is 1. The van der Waals surface area contributed by atoms with Crippen LogP contribution in [0, 0.1) is 5.82 Å². The Hall–Kier alpha value is -1.92. The topological polar surface area (TPSA) is 72.2 Å². The fraction of sp³-hybridized carbons (Fsp3) is 0.200. The van der Waals surface area contributed by atoms with Gasteiger partial charge in [-0.05, 0) is 49.2 Å². The molecule has 0 bridgehead atoms. The number of rotatable bonds is 5. The van der Waals surface area contributed by atoms with Crippen molar-refractivity contribution in [1.82, 2.24) is 0 Å². The highest BCUT2D eigenvalue weighted by atomic mass is 32.2. The Morgan fingerprint density at radius 3 is 2.48 bits per heavy atom. The smallest absolute Gasteiger partial charge is 0.238 e. The van der Waals surface area contributed by atoms with Crippen LogP contribution in [0.15, 0.2) is 53.4 Å². The van der Waals surface area contributed by atoms with Gasteiger partial charge in [0, 0.05) is 11.7 Å². The summed E-state index contributed by atoms with van der Waals surface area (Å²) >= 11 is 0. The predicted octanol–water partition coefficient (Wildman–Crippen LogP) is 2.52. The lowest BCUT2D eigenvalue weighted by atomic mass is 10.1. The number of nitrogens with two attached hydrogens (primary N) is 1. The van der Waals surface area contributed by atoms with Crippen molar-refractivity contribution in [2.24, 2.45) is 5.14 Å². The summed E-state index contributed by atoms with van der Waals surface area (Å²) in [6.07, 6.45) is 0.694. The summed E-state index contributed by atoms with van der Waals surface area (Å²) in [6, 6.07) is 12.7. The number of anilines is 1. The molecule has 1 atom stereocenters. The largest absolute Gasteiger partial charge is 0.382 e. The first-order valence-corrected chi connectivity index (χ1v) is 8.03. The van der Waals surface area contributed by atoms with Crippen LogP contribution in [0.4, 0.5) is 10.1 Å². The lowest BCUT2D eigenvalue weighted by molar-refractivity contribution is 0.598. The normalized spacial score (nSPS) is 12.9. The molecule has 0 heterocycles. The first kappa shape index (κ1) is 15.5. The first-order chi connectivity index (χ1) is 9.84. The quantitative estimate of drug-likeness (QED) is 0.891. The molecular formula is C15H17FN2O2S. The molecule has 0 amide bonds. The van der Waals surface area contributed by atoms with Gasteiger partial charge < -0.3 is 5.32 Å². The van der Waals surface area contributed by atoms with Crippen LogP contribution >= 0.6 is 0 Å². The molecule has 0 saturated heterocycles. The van der Waals surface area contributed by atoms with Gasteiger partial charge in [-0.3, -0.25) is 0 Å². The molecule has 0 aromatic heterocycles. The van der Waals surface area contributed by atoms with E-state index in [1.54, 1.807) is 24.3 Å². The zero-order valence-corrected chi connectivity index (χ0v) is 12.4.